The summed E-state index contributed by atoms with van der Waals surface area (Å²) in [5.74, 6) is 2.89. The van der Waals surface area contributed by atoms with E-state index in [9.17, 15) is 4.79 Å². The number of nitrogens with one attached hydrogen (secondary N) is 1. The van der Waals surface area contributed by atoms with E-state index in [1.165, 1.54) is 44.1 Å². The molecule has 140 valence electrons. The Balaban J connectivity index is 1.34. The van der Waals surface area contributed by atoms with Crippen LogP contribution in [0.4, 0.5) is 0 Å². The summed E-state index contributed by atoms with van der Waals surface area (Å²) in [5.41, 5.74) is 1.70. The molecule has 25 heavy (non-hydrogen) atoms. The Morgan fingerprint density at radius 2 is 1.72 bits per heavy atom. The zero-order chi connectivity index (χ0) is 17.4. The molecule has 0 aromatic rings. The minimum absolute atomic E-state index is 0.106. The predicted molar refractivity (Wildman–Crippen MR) is 99.2 cm³/mol. The Bertz CT molecular complexity index is 501. The minimum atomic E-state index is 0.106. The van der Waals surface area contributed by atoms with Crippen molar-refractivity contribution in [3.05, 3.63) is 11.6 Å². The molecule has 1 aliphatic heterocycles. The van der Waals surface area contributed by atoms with Crippen LogP contribution in [0.3, 0.4) is 0 Å². The van der Waals surface area contributed by atoms with Crippen LogP contribution in [0.1, 0.15) is 52.4 Å². The van der Waals surface area contributed by atoms with E-state index in [0.717, 1.165) is 50.6 Å². The maximum Gasteiger partial charge on any atom is 0.244 e. The normalized spacial score (nSPS) is 39.4. The molecule has 1 saturated heterocycles. The summed E-state index contributed by atoms with van der Waals surface area (Å²) in [4.78, 5) is 14.9. The molecule has 1 atom stereocenters. The average Bonchev–Trinajstić information content (AvgIpc) is 2.54. The van der Waals surface area contributed by atoms with Crippen LogP contribution in [-0.2, 0) is 9.53 Å². The molecule has 4 saturated carbocycles. The van der Waals surface area contributed by atoms with Crippen LogP contribution >= 0.6 is 0 Å². The number of allylic oxidation sites excluding steroid dienone is 1. The molecule has 0 unspecified atom stereocenters. The van der Waals surface area contributed by atoms with Crippen LogP contribution in [0.2, 0.25) is 0 Å². The fourth-order valence-corrected chi connectivity index (χ4v) is 6.44. The van der Waals surface area contributed by atoms with E-state index in [0.29, 0.717) is 5.41 Å². The largest absolute Gasteiger partial charge is 0.379 e. The van der Waals surface area contributed by atoms with Gasteiger partial charge in [-0.15, -0.1) is 0 Å². The molecule has 1 heterocycles. The summed E-state index contributed by atoms with van der Waals surface area (Å²) >= 11 is 0. The van der Waals surface area contributed by atoms with Crippen LogP contribution in [0.25, 0.3) is 0 Å². The topological polar surface area (TPSA) is 41.6 Å². The second-order valence-corrected chi connectivity index (χ2v) is 9.35. The van der Waals surface area contributed by atoms with Gasteiger partial charge < -0.3 is 10.1 Å². The van der Waals surface area contributed by atoms with Crippen molar-refractivity contribution in [2.45, 2.75) is 58.4 Å². The quantitative estimate of drug-likeness (QED) is 0.778. The van der Waals surface area contributed by atoms with Crippen LogP contribution < -0.4 is 5.32 Å². The SMILES string of the molecule is C/C(=C/C(=O)N[C@@H](C)CN1CCOCC1)C12CC3CC(CC(C3)C1)C2. The highest BCUT2D eigenvalue weighted by Crippen LogP contribution is 2.62. The van der Waals surface area contributed by atoms with Crippen LogP contribution in [0.15, 0.2) is 11.6 Å². The first-order chi connectivity index (χ1) is 12.0. The van der Waals surface area contributed by atoms with Crippen LogP contribution in [0.5, 0.6) is 0 Å². The molecule has 4 heteroatoms. The molecular weight excluding hydrogens is 312 g/mol. The fourth-order valence-electron chi connectivity index (χ4n) is 6.44. The van der Waals surface area contributed by atoms with Gasteiger partial charge in [0.2, 0.25) is 5.91 Å². The number of nitrogens with zero attached hydrogens (tertiary/aromatic N) is 1. The summed E-state index contributed by atoms with van der Waals surface area (Å²) in [6.07, 6.45) is 10.3. The van der Waals surface area contributed by atoms with Gasteiger partial charge in [-0.05, 0) is 75.5 Å². The number of morpholine rings is 1. The van der Waals surface area contributed by atoms with Crippen molar-refractivity contribution in [1.29, 1.82) is 0 Å². The molecule has 1 N–H and O–H groups in total. The van der Waals surface area contributed by atoms with Gasteiger partial charge in [-0.25, -0.2) is 0 Å². The zero-order valence-corrected chi connectivity index (χ0v) is 15.9. The van der Waals surface area contributed by atoms with Crippen molar-refractivity contribution >= 4 is 5.91 Å². The van der Waals surface area contributed by atoms with Gasteiger partial charge >= 0.3 is 0 Å². The maximum absolute atomic E-state index is 12.6. The maximum atomic E-state index is 12.6. The molecule has 0 spiro atoms. The lowest BCUT2D eigenvalue weighted by Gasteiger charge is -2.57. The van der Waals surface area contributed by atoms with Gasteiger partial charge in [0.1, 0.15) is 0 Å². The van der Waals surface area contributed by atoms with E-state index in [2.05, 4.69) is 24.1 Å². The predicted octanol–water partition coefficient (Wildman–Crippen LogP) is 2.99. The summed E-state index contributed by atoms with van der Waals surface area (Å²) in [5, 5.41) is 3.19. The van der Waals surface area contributed by atoms with E-state index in [4.69, 9.17) is 4.74 Å². The van der Waals surface area contributed by atoms with Gasteiger partial charge in [0.05, 0.1) is 13.2 Å². The molecule has 4 nitrogen and oxygen atoms in total. The van der Waals surface area contributed by atoms with Crippen LogP contribution in [-0.4, -0.2) is 49.7 Å². The lowest BCUT2D eigenvalue weighted by atomic mass is 9.48. The Hall–Kier alpha value is -0.870. The fraction of sp³-hybridized carbons (Fsp3) is 0.857. The Morgan fingerprint density at radius 3 is 2.28 bits per heavy atom. The van der Waals surface area contributed by atoms with Crippen molar-refractivity contribution < 1.29 is 9.53 Å². The van der Waals surface area contributed by atoms with E-state index in [-0.39, 0.29) is 11.9 Å². The van der Waals surface area contributed by atoms with Crippen LogP contribution in [0, 0.1) is 23.2 Å². The van der Waals surface area contributed by atoms with E-state index in [1.54, 1.807) is 0 Å². The summed E-state index contributed by atoms with van der Waals surface area (Å²) in [6.45, 7) is 8.82. The third kappa shape index (κ3) is 3.80. The van der Waals surface area contributed by atoms with Gasteiger partial charge in [0.25, 0.3) is 0 Å². The van der Waals surface area contributed by atoms with Crippen molar-refractivity contribution in [2.24, 2.45) is 23.2 Å². The van der Waals surface area contributed by atoms with Gasteiger partial charge in [-0.2, -0.15) is 0 Å². The number of hydrogen-bond acceptors (Lipinski definition) is 3. The third-order valence-electron chi connectivity index (χ3n) is 7.25. The monoisotopic (exact) mass is 346 g/mol. The Kier molecular flexibility index (Phi) is 4.93. The van der Waals surface area contributed by atoms with Gasteiger partial charge in [0, 0.05) is 31.8 Å². The molecule has 4 aliphatic carbocycles. The van der Waals surface area contributed by atoms with Gasteiger partial charge in [-0.1, -0.05) is 5.57 Å². The number of carbonyl (C=O) groups is 1. The number of amides is 1. The first-order valence-corrected chi connectivity index (χ1v) is 10.3. The molecule has 0 aromatic carbocycles. The number of hydrogen-bond donors (Lipinski definition) is 1. The van der Waals surface area contributed by atoms with E-state index in [1.807, 2.05) is 6.08 Å². The van der Waals surface area contributed by atoms with Gasteiger partial charge in [-0.3, -0.25) is 9.69 Å². The van der Waals surface area contributed by atoms with Gasteiger partial charge in [0.15, 0.2) is 0 Å². The molecule has 5 aliphatic rings. The summed E-state index contributed by atoms with van der Waals surface area (Å²) < 4.78 is 5.39. The second-order valence-electron chi connectivity index (χ2n) is 9.35. The second kappa shape index (κ2) is 7.03. The third-order valence-corrected chi connectivity index (χ3v) is 7.25. The Labute approximate surface area is 152 Å². The molecule has 5 rings (SSSR count). The first-order valence-electron chi connectivity index (χ1n) is 10.3. The summed E-state index contributed by atoms with van der Waals surface area (Å²) in [6, 6.07) is 0.186. The molecule has 1 amide bonds. The summed E-state index contributed by atoms with van der Waals surface area (Å²) in [7, 11) is 0. The van der Waals surface area contributed by atoms with Crippen molar-refractivity contribution in [3.63, 3.8) is 0 Å². The lowest BCUT2D eigenvalue weighted by molar-refractivity contribution is -0.117. The van der Waals surface area contributed by atoms with Crippen molar-refractivity contribution in [1.82, 2.24) is 10.2 Å². The smallest absolute Gasteiger partial charge is 0.244 e. The first kappa shape index (κ1) is 17.5. The van der Waals surface area contributed by atoms with Crippen molar-refractivity contribution in [2.75, 3.05) is 32.8 Å². The molecule has 4 bridgehead atoms. The minimum Gasteiger partial charge on any atom is -0.379 e. The molecule has 5 fully saturated rings. The van der Waals surface area contributed by atoms with Crippen molar-refractivity contribution in [3.8, 4) is 0 Å². The highest BCUT2D eigenvalue weighted by atomic mass is 16.5. The highest BCUT2D eigenvalue weighted by Gasteiger charge is 2.51. The molecular formula is C21H34N2O2. The van der Waals surface area contributed by atoms with E-state index < -0.39 is 0 Å². The number of carbonyl (C=O) groups excluding carboxylic acids is 1. The molecule has 0 radical (unpaired) electrons. The Morgan fingerprint density at radius 1 is 1.16 bits per heavy atom. The standard InChI is InChI=1S/C21H34N2O2/c1-15(21-11-17-8-18(12-21)10-19(9-17)13-21)7-20(24)22-16(2)14-23-3-5-25-6-4-23/h7,16-19H,3-6,8-14H2,1-2H3,(H,22,24)/b15-7-/t16-,17?,18?,19?,21?/m0/s1. The highest BCUT2D eigenvalue weighted by molar-refractivity contribution is 5.88. The average molecular weight is 347 g/mol. The zero-order valence-electron chi connectivity index (χ0n) is 15.9. The number of rotatable bonds is 5. The lowest BCUT2D eigenvalue weighted by Crippen LogP contribution is -2.47. The molecule has 0 aromatic heterocycles. The number of ether oxygens (including phenoxy) is 1. The van der Waals surface area contributed by atoms with E-state index >= 15 is 0 Å².